The van der Waals surface area contributed by atoms with Gasteiger partial charge in [0, 0.05) is 18.7 Å². The molecule has 0 radical (unpaired) electrons. The summed E-state index contributed by atoms with van der Waals surface area (Å²) in [5, 5.41) is 14.3. The molecular weight excluding hydrogens is 258 g/mol. The molecule has 0 saturated carbocycles. The molecule has 108 valence electrons. The van der Waals surface area contributed by atoms with Gasteiger partial charge in [-0.15, -0.1) is 0 Å². The fraction of sp³-hybridized carbons (Fsp3) is 0.500. The number of nitrogens with zero attached hydrogens (tertiary/aromatic N) is 2. The van der Waals surface area contributed by atoms with Crippen LogP contribution in [-0.4, -0.2) is 28.3 Å². The summed E-state index contributed by atoms with van der Waals surface area (Å²) in [6.07, 6.45) is 0.340. The Balaban J connectivity index is 2.41. The predicted molar refractivity (Wildman–Crippen MR) is 75.2 cm³/mol. The van der Waals surface area contributed by atoms with Gasteiger partial charge in [0.1, 0.15) is 6.17 Å². The lowest BCUT2D eigenvalue weighted by Gasteiger charge is -2.20. The molecule has 2 atom stereocenters. The van der Waals surface area contributed by atoms with Crippen molar-refractivity contribution in [3.63, 3.8) is 0 Å². The molecule has 1 aromatic rings. The Bertz CT molecular complexity index is 573. The van der Waals surface area contributed by atoms with Gasteiger partial charge in [0.05, 0.1) is 10.5 Å². The highest BCUT2D eigenvalue weighted by molar-refractivity contribution is 5.88. The summed E-state index contributed by atoms with van der Waals surface area (Å²) >= 11 is 0. The number of hydrogen-bond donors (Lipinski definition) is 1. The Kier molecular flexibility index (Phi) is 3.52. The number of rotatable bonds is 3. The lowest BCUT2D eigenvalue weighted by molar-refractivity contribution is -0.385. The molecule has 1 N–H and O–H groups in total. The Morgan fingerprint density at radius 2 is 2.15 bits per heavy atom. The molecule has 1 saturated heterocycles. The third kappa shape index (κ3) is 2.16. The summed E-state index contributed by atoms with van der Waals surface area (Å²) < 4.78 is 0. The second-order valence-corrected chi connectivity index (χ2v) is 5.45. The van der Waals surface area contributed by atoms with Crippen molar-refractivity contribution < 1.29 is 9.72 Å². The molecule has 0 spiro atoms. The maximum Gasteiger partial charge on any atom is 0.272 e. The van der Waals surface area contributed by atoms with Crippen LogP contribution >= 0.6 is 0 Å². The van der Waals surface area contributed by atoms with Gasteiger partial charge in [-0.3, -0.25) is 20.2 Å². The van der Waals surface area contributed by atoms with Gasteiger partial charge >= 0.3 is 0 Å². The van der Waals surface area contributed by atoms with E-state index >= 15 is 0 Å². The van der Waals surface area contributed by atoms with Crippen LogP contribution in [0.15, 0.2) is 18.2 Å². The van der Waals surface area contributed by atoms with Crippen molar-refractivity contribution in [2.45, 2.75) is 38.9 Å². The molecule has 0 bridgehead atoms. The molecular formula is C14H19N3O3. The molecule has 0 aliphatic carbocycles. The zero-order chi connectivity index (χ0) is 15.1. The van der Waals surface area contributed by atoms with E-state index in [4.69, 9.17) is 0 Å². The largest absolute Gasteiger partial charge is 0.324 e. The van der Waals surface area contributed by atoms with E-state index in [1.807, 2.05) is 19.9 Å². The second-order valence-electron chi connectivity index (χ2n) is 5.45. The van der Waals surface area contributed by atoms with Gasteiger partial charge in [-0.05, 0) is 25.8 Å². The number of benzene rings is 1. The molecule has 1 aliphatic heterocycles. The van der Waals surface area contributed by atoms with E-state index in [2.05, 4.69) is 5.32 Å². The Morgan fingerprint density at radius 1 is 1.50 bits per heavy atom. The molecule has 20 heavy (non-hydrogen) atoms. The minimum atomic E-state index is -0.612. The molecule has 2 unspecified atom stereocenters. The third-order valence-corrected chi connectivity index (χ3v) is 4.09. The minimum Gasteiger partial charge on any atom is -0.324 e. The van der Waals surface area contributed by atoms with Crippen LogP contribution in [-0.2, 0) is 4.79 Å². The number of nitro groups is 1. The van der Waals surface area contributed by atoms with Gasteiger partial charge in [-0.2, -0.15) is 0 Å². The molecule has 1 aliphatic rings. The first-order valence-electron chi connectivity index (χ1n) is 6.60. The van der Waals surface area contributed by atoms with E-state index in [0.29, 0.717) is 12.0 Å². The van der Waals surface area contributed by atoms with Crippen molar-refractivity contribution >= 4 is 11.6 Å². The maximum absolute atomic E-state index is 12.3. The van der Waals surface area contributed by atoms with Crippen molar-refractivity contribution in [1.82, 2.24) is 10.2 Å². The molecule has 6 heteroatoms. The van der Waals surface area contributed by atoms with Crippen molar-refractivity contribution in [2.24, 2.45) is 0 Å². The van der Waals surface area contributed by atoms with Crippen LogP contribution in [0.5, 0.6) is 0 Å². The van der Waals surface area contributed by atoms with Crippen LogP contribution in [0.4, 0.5) is 5.69 Å². The Labute approximate surface area is 117 Å². The van der Waals surface area contributed by atoms with Crippen LogP contribution in [0.3, 0.4) is 0 Å². The predicted octanol–water partition coefficient (Wildman–Crippen LogP) is 2.13. The normalized spacial score (nSPS) is 26.1. The summed E-state index contributed by atoms with van der Waals surface area (Å²) in [4.78, 5) is 24.5. The van der Waals surface area contributed by atoms with Crippen LogP contribution in [0, 0.1) is 17.0 Å². The zero-order valence-electron chi connectivity index (χ0n) is 12.1. The van der Waals surface area contributed by atoms with E-state index in [1.54, 1.807) is 24.9 Å². The number of likely N-dealkylation sites (N-methyl/N-ethyl adjacent to an activating group) is 1. The molecule has 0 aromatic heterocycles. The van der Waals surface area contributed by atoms with Gasteiger partial charge in [0.15, 0.2) is 0 Å². The monoisotopic (exact) mass is 277 g/mol. The van der Waals surface area contributed by atoms with Gasteiger partial charge in [0.25, 0.3) is 5.69 Å². The van der Waals surface area contributed by atoms with E-state index in [0.717, 1.165) is 5.56 Å². The number of aryl methyl sites for hydroxylation is 1. The summed E-state index contributed by atoms with van der Waals surface area (Å²) in [5.41, 5.74) is 0.813. The lowest BCUT2D eigenvalue weighted by Crippen LogP contribution is -2.42. The zero-order valence-corrected chi connectivity index (χ0v) is 12.1. The standard InChI is InChI=1S/C14H19N3O3/c1-5-14(3)13(18)16(4)12(15-14)10-7-6-9(2)11(8-10)17(19)20/h6-8,12,15H,5H2,1-4H3. The first-order valence-corrected chi connectivity index (χ1v) is 6.60. The topological polar surface area (TPSA) is 75.5 Å². The maximum atomic E-state index is 12.3. The average Bonchev–Trinajstić information content (AvgIpc) is 2.64. The van der Waals surface area contributed by atoms with Gasteiger partial charge in [-0.25, -0.2) is 0 Å². The van der Waals surface area contributed by atoms with E-state index in [1.165, 1.54) is 6.07 Å². The van der Waals surface area contributed by atoms with Crippen LogP contribution in [0.2, 0.25) is 0 Å². The van der Waals surface area contributed by atoms with Crippen molar-refractivity contribution in [3.05, 3.63) is 39.4 Å². The summed E-state index contributed by atoms with van der Waals surface area (Å²) in [6.45, 7) is 5.50. The van der Waals surface area contributed by atoms with E-state index in [9.17, 15) is 14.9 Å². The molecule has 6 nitrogen and oxygen atoms in total. The number of nitrogens with one attached hydrogen (secondary N) is 1. The number of carbonyl (C=O) groups is 1. The molecule has 2 rings (SSSR count). The minimum absolute atomic E-state index is 0.00762. The van der Waals surface area contributed by atoms with Gasteiger partial charge in [0.2, 0.25) is 5.91 Å². The number of amides is 1. The molecule has 1 fully saturated rings. The fourth-order valence-corrected chi connectivity index (χ4v) is 2.52. The smallest absolute Gasteiger partial charge is 0.272 e. The SMILES string of the molecule is CCC1(C)NC(c2ccc(C)c([N+](=O)[O-])c2)N(C)C1=O. The highest BCUT2D eigenvalue weighted by Crippen LogP contribution is 2.33. The first kappa shape index (κ1) is 14.5. The Morgan fingerprint density at radius 3 is 2.65 bits per heavy atom. The molecule has 1 heterocycles. The van der Waals surface area contributed by atoms with Crippen molar-refractivity contribution in [1.29, 1.82) is 0 Å². The Hall–Kier alpha value is -1.95. The lowest BCUT2D eigenvalue weighted by atomic mass is 9.99. The van der Waals surface area contributed by atoms with Crippen molar-refractivity contribution in [2.75, 3.05) is 7.05 Å². The quantitative estimate of drug-likeness (QED) is 0.678. The third-order valence-electron chi connectivity index (χ3n) is 4.09. The van der Waals surface area contributed by atoms with Gasteiger partial charge < -0.3 is 4.90 Å². The second kappa shape index (κ2) is 4.86. The highest BCUT2D eigenvalue weighted by atomic mass is 16.6. The fourth-order valence-electron chi connectivity index (χ4n) is 2.52. The van der Waals surface area contributed by atoms with Crippen molar-refractivity contribution in [3.8, 4) is 0 Å². The number of nitro benzene ring substituents is 1. The summed E-state index contributed by atoms with van der Waals surface area (Å²) in [5.74, 6) is 0.00762. The number of carbonyl (C=O) groups excluding carboxylic acids is 1. The summed E-state index contributed by atoms with van der Waals surface area (Å²) in [7, 11) is 1.71. The average molecular weight is 277 g/mol. The number of hydrogen-bond acceptors (Lipinski definition) is 4. The first-order chi connectivity index (χ1) is 9.30. The molecule has 1 amide bonds. The van der Waals surface area contributed by atoms with Gasteiger partial charge in [-0.1, -0.05) is 19.1 Å². The van der Waals surface area contributed by atoms with E-state index < -0.39 is 10.5 Å². The van der Waals surface area contributed by atoms with Crippen LogP contribution in [0.1, 0.15) is 37.6 Å². The summed E-state index contributed by atoms with van der Waals surface area (Å²) in [6, 6.07) is 5.08. The van der Waals surface area contributed by atoms with Crippen LogP contribution < -0.4 is 5.32 Å². The highest BCUT2D eigenvalue weighted by Gasteiger charge is 2.45. The molecule has 1 aromatic carbocycles. The van der Waals surface area contributed by atoms with Crippen LogP contribution in [0.25, 0.3) is 0 Å². The van der Waals surface area contributed by atoms with E-state index in [-0.39, 0.29) is 17.8 Å².